The van der Waals surface area contributed by atoms with Crippen LogP contribution in [0.1, 0.15) is 63.0 Å². The Labute approximate surface area is 150 Å². The number of nitrogens with one attached hydrogen (secondary N) is 1. The number of aromatic nitrogens is 2. The van der Waals surface area contributed by atoms with E-state index in [1.807, 2.05) is 17.9 Å². The predicted molar refractivity (Wildman–Crippen MR) is 97.2 cm³/mol. The number of ether oxygens (including phenoxy) is 1. The van der Waals surface area contributed by atoms with Gasteiger partial charge in [-0.25, -0.2) is 0 Å². The van der Waals surface area contributed by atoms with E-state index in [2.05, 4.69) is 21.5 Å². The minimum Gasteiger partial charge on any atom is -0.378 e. The Morgan fingerprint density at radius 2 is 2.12 bits per heavy atom. The Kier molecular flexibility index (Phi) is 6.87. The van der Waals surface area contributed by atoms with Gasteiger partial charge < -0.3 is 10.1 Å². The van der Waals surface area contributed by atoms with E-state index in [1.165, 1.54) is 37.7 Å². The average Bonchev–Trinajstić information content (AvgIpc) is 3.24. The van der Waals surface area contributed by atoms with E-state index in [4.69, 9.17) is 4.74 Å². The summed E-state index contributed by atoms with van der Waals surface area (Å²) in [5.41, 5.74) is 1.22. The molecule has 2 fully saturated rings. The van der Waals surface area contributed by atoms with E-state index in [-0.39, 0.29) is 5.91 Å². The van der Waals surface area contributed by atoms with Crippen LogP contribution in [0.3, 0.4) is 0 Å². The average molecular weight is 348 g/mol. The summed E-state index contributed by atoms with van der Waals surface area (Å²) in [4.78, 5) is 14.5. The highest BCUT2D eigenvalue weighted by molar-refractivity contribution is 5.78. The van der Waals surface area contributed by atoms with Crippen LogP contribution in [-0.2, 0) is 16.6 Å². The van der Waals surface area contributed by atoms with Crippen LogP contribution in [0, 0.1) is 0 Å². The molecule has 0 radical (unpaired) electrons. The largest absolute Gasteiger partial charge is 0.378 e. The number of rotatable bonds is 8. The quantitative estimate of drug-likeness (QED) is 0.733. The van der Waals surface area contributed by atoms with E-state index >= 15 is 0 Å². The molecule has 1 saturated heterocycles. The van der Waals surface area contributed by atoms with Crippen molar-refractivity contribution in [2.75, 3.05) is 26.2 Å². The summed E-state index contributed by atoms with van der Waals surface area (Å²) in [5, 5.41) is 7.30. The topological polar surface area (TPSA) is 59.4 Å². The van der Waals surface area contributed by atoms with Gasteiger partial charge in [0.25, 0.3) is 0 Å². The molecular weight excluding hydrogens is 316 g/mol. The first-order chi connectivity index (χ1) is 12.2. The minimum absolute atomic E-state index is 0.119. The summed E-state index contributed by atoms with van der Waals surface area (Å²) < 4.78 is 7.74. The Morgan fingerprint density at radius 1 is 1.28 bits per heavy atom. The zero-order valence-corrected chi connectivity index (χ0v) is 15.5. The summed E-state index contributed by atoms with van der Waals surface area (Å²) in [5.74, 6) is 0.119. The lowest BCUT2D eigenvalue weighted by atomic mass is 9.98. The number of carbonyl (C=O) groups is 1. The molecule has 2 heterocycles. The van der Waals surface area contributed by atoms with Crippen LogP contribution in [0.25, 0.3) is 0 Å². The maximum Gasteiger partial charge on any atom is 0.234 e. The minimum atomic E-state index is 0.119. The Hall–Kier alpha value is -1.40. The second-order valence-electron chi connectivity index (χ2n) is 7.41. The van der Waals surface area contributed by atoms with Gasteiger partial charge in [0.2, 0.25) is 5.91 Å². The smallest absolute Gasteiger partial charge is 0.234 e. The molecule has 1 aromatic rings. The second kappa shape index (κ2) is 9.34. The zero-order chi connectivity index (χ0) is 17.5. The first kappa shape index (κ1) is 18.4. The molecule has 0 spiro atoms. The van der Waals surface area contributed by atoms with Crippen molar-refractivity contribution in [1.29, 1.82) is 0 Å². The first-order valence-electron chi connectivity index (χ1n) is 9.83. The maximum absolute atomic E-state index is 12.2. The summed E-state index contributed by atoms with van der Waals surface area (Å²) in [6.45, 7) is 2.92. The Morgan fingerprint density at radius 3 is 2.88 bits per heavy atom. The number of likely N-dealkylation sites (tertiary alicyclic amines) is 1. The van der Waals surface area contributed by atoms with Crippen molar-refractivity contribution in [3.8, 4) is 0 Å². The van der Waals surface area contributed by atoms with Gasteiger partial charge in [-0.2, -0.15) is 5.10 Å². The van der Waals surface area contributed by atoms with Crippen LogP contribution in [0.2, 0.25) is 0 Å². The lowest BCUT2D eigenvalue weighted by molar-refractivity contribution is -0.122. The molecule has 1 N–H and O–H groups in total. The molecule has 2 aliphatic rings. The van der Waals surface area contributed by atoms with Gasteiger partial charge in [0.1, 0.15) is 0 Å². The van der Waals surface area contributed by atoms with Gasteiger partial charge in [-0.05, 0) is 38.6 Å². The first-order valence-corrected chi connectivity index (χ1v) is 9.83. The molecule has 1 amide bonds. The van der Waals surface area contributed by atoms with Gasteiger partial charge >= 0.3 is 0 Å². The number of amides is 1. The van der Waals surface area contributed by atoms with Gasteiger partial charge in [-0.1, -0.05) is 19.3 Å². The van der Waals surface area contributed by atoms with Gasteiger partial charge in [0.15, 0.2) is 0 Å². The van der Waals surface area contributed by atoms with Crippen molar-refractivity contribution in [2.45, 2.75) is 63.5 Å². The fraction of sp³-hybridized carbons (Fsp3) is 0.789. The third kappa shape index (κ3) is 5.54. The molecule has 6 nitrogen and oxygen atoms in total. The van der Waals surface area contributed by atoms with Crippen LogP contribution in [0.15, 0.2) is 12.4 Å². The highest BCUT2D eigenvalue weighted by Gasteiger charge is 2.28. The van der Waals surface area contributed by atoms with Crippen LogP contribution < -0.4 is 5.32 Å². The number of hydrogen-bond acceptors (Lipinski definition) is 4. The third-order valence-corrected chi connectivity index (χ3v) is 5.37. The van der Waals surface area contributed by atoms with E-state index < -0.39 is 0 Å². The Balaban J connectivity index is 1.32. The molecule has 6 heteroatoms. The predicted octanol–water partition coefficient (Wildman–Crippen LogP) is 2.41. The Bertz CT molecular complexity index is 539. The molecule has 1 aromatic heterocycles. The van der Waals surface area contributed by atoms with Crippen LogP contribution in [0.5, 0.6) is 0 Å². The number of nitrogens with zero attached hydrogens (tertiary/aromatic N) is 3. The highest BCUT2D eigenvalue weighted by Crippen LogP contribution is 2.30. The SMILES string of the molecule is Cn1cc(C2CCCN2CC(=O)NCCCOC2CCCCC2)cn1. The number of aryl methyl sites for hydroxylation is 1. The highest BCUT2D eigenvalue weighted by atomic mass is 16.5. The molecule has 1 saturated carbocycles. The number of hydrogen-bond donors (Lipinski definition) is 1. The molecule has 1 aliphatic heterocycles. The van der Waals surface area contributed by atoms with Gasteiger partial charge in [0.05, 0.1) is 18.8 Å². The molecule has 140 valence electrons. The molecule has 1 atom stereocenters. The van der Waals surface area contributed by atoms with Gasteiger partial charge in [0, 0.05) is 38.0 Å². The van der Waals surface area contributed by atoms with Gasteiger partial charge in [-0.15, -0.1) is 0 Å². The summed E-state index contributed by atoms with van der Waals surface area (Å²) in [6, 6.07) is 0.328. The molecule has 1 aliphatic carbocycles. The maximum atomic E-state index is 12.2. The summed E-state index contributed by atoms with van der Waals surface area (Å²) in [7, 11) is 1.94. The van der Waals surface area contributed by atoms with Crippen molar-refractivity contribution < 1.29 is 9.53 Å². The molecule has 0 aromatic carbocycles. The van der Waals surface area contributed by atoms with Crippen molar-refractivity contribution in [2.24, 2.45) is 7.05 Å². The van der Waals surface area contributed by atoms with Crippen LogP contribution in [-0.4, -0.2) is 52.9 Å². The van der Waals surface area contributed by atoms with E-state index in [0.717, 1.165) is 32.4 Å². The van der Waals surface area contributed by atoms with Crippen molar-refractivity contribution in [1.82, 2.24) is 20.0 Å². The normalized spacial score (nSPS) is 22.4. The molecule has 25 heavy (non-hydrogen) atoms. The molecular formula is C19H32N4O2. The monoisotopic (exact) mass is 348 g/mol. The number of carbonyl (C=O) groups excluding carboxylic acids is 1. The van der Waals surface area contributed by atoms with Crippen molar-refractivity contribution >= 4 is 5.91 Å². The lowest BCUT2D eigenvalue weighted by Crippen LogP contribution is -2.37. The lowest BCUT2D eigenvalue weighted by Gasteiger charge is -2.23. The van der Waals surface area contributed by atoms with E-state index in [0.29, 0.717) is 25.2 Å². The summed E-state index contributed by atoms with van der Waals surface area (Å²) in [6.07, 6.45) is 13.9. The standard InChI is InChI=1S/C19H32N4O2/c1-22-14-16(13-21-22)18-9-5-11-23(18)15-19(24)20-10-6-12-25-17-7-3-2-4-8-17/h13-14,17-18H,2-12,15H2,1H3,(H,20,24). The second-order valence-corrected chi connectivity index (χ2v) is 7.41. The van der Waals surface area contributed by atoms with Crippen molar-refractivity contribution in [3.63, 3.8) is 0 Å². The molecule has 3 rings (SSSR count). The van der Waals surface area contributed by atoms with Crippen molar-refractivity contribution in [3.05, 3.63) is 18.0 Å². The fourth-order valence-corrected chi connectivity index (χ4v) is 4.03. The van der Waals surface area contributed by atoms with Gasteiger partial charge in [-0.3, -0.25) is 14.4 Å². The van der Waals surface area contributed by atoms with E-state index in [1.54, 1.807) is 0 Å². The fourth-order valence-electron chi connectivity index (χ4n) is 4.03. The van der Waals surface area contributed by atoms with Crippen LogP contribution >= 0.6 is 0 Å². The molecule has 1 unspecified atom stereocenters. The van der Waals surface area contributed by atoms with E-state index in [9.17, 15) is 4.79 Å². The third-order valence-electron chi connectivity index (χ3n) is 5.37. The summed E-state index contributed by atoms with van der Waals surface area (Å²) >= 11 is 0. The molecule has 0 bridgehead atoms. The zero-order valence-electron chi connectivity index (χ0n) is 15.5. The van der Waals surface area contributed by atoms with Crippen LogP contribution in [0.4, 0.5) is 0 Å².